The van der Waals surface area contributed by atoms with Gasteiger partial charge >= 0.3 is 6.18 Å². The molecule has 0 saturated heterocycles. The van der Waals surface area contributed by atoms with Crippen LogP contribution in [-0.2, 0) is 6.18 Å². The second kappa shape index (κ2) is 5.99. The van der Waals surface area contributed by atoms with Gasteiger partial charge < -0.3 is 5.73 Å². The van der Waals surface area contributed by atoms with Crippen LogP contribution in [0.5, 0.6) is 0 Å². The third kappa shape index (κ3) is 3.59. The van der Waals surface area contributed by atoms with Gasteiger partial charge in [0.05, 0.1) is 11.6 Å². The van der Waals surface area contributed by atoms with Gasteiger partial charge in [0.1, 0.15) is 0 Å². The average molecular weight is 379 g/mol. The molecule has 1 nitrogen and oxygen atoms in total. The van der Waals surface area contributed by atoms with Crippen molar-refractivity contribution in [2.75, 3.05) is 0 Å². The normalized spacial score (nSPS) is 13.3. The summed E-state index contributed by atoms with van der Waals surface area (Å²) in [4.78, 5) is 0. The van der Waals surface area contributed by atoms with Crippen LogP contribution in [0.25, 0.3) is 0 Å². The molecule has 0 radical (unpaired) electrons. The molecule has 0 amide bonds. The molecule has 21 heavy (non-hydrogen) atoms. The molecule has 112 valence electrons. The molecule has 0 aromatic heterocycles. The largest absolute Gasteiger partial charge is 0.416 e. The second-order valence-electron chi connectivity index (χ2n) is 4.71. The highest BCUT2D eigenvalue weighted by Crippen LogP contribution is 2.34. The molecule has 1 atom stereocenters. The number of hydrogen-bond acceptors (Lipinski definition) is 1. The highest BCUT2D eigenvalue weighted by Gasteiger charge is 2.31. The van der Waals surface area contributed by atoms with Gasteiger partial charge in [0.2, 0.25) is 0 Å². The van der Waals surface area contributed by atoms with Crippen LogP contribution in [0.15, 0.2) is 40.9 Å². The fraction of sp³-hybridized carbons (Fsp3) is 0.200. The third-order valence-electron chi connectivity index (χ3n) is 3.23. The Bertz CT molecular complexity index is 670. The van der Waals surface area contributed by atoms with E-state index in [1.54, 1.807) is 25.1 Å². The number of rotatable bonds is 2. The van der Waals surface area contributed by atoms with E-state index >= 15 is 0 Å². The van der Waals surface area contributed by atoms with Crippen LogP contribution in [0.1, 0.15) is 28.3 Å². The van der Waals surface area contributed by atoms with Crippen molar-refractivity contribution >= 4 is 27.5 Å². The number of benzene rings is 2. The number of alkyl halides is 3. The maximum atomic E-state index is 12.7. The minimum absolute atomic E-state index is 0.469. The van der Waals surface area contributed by atoms with Crippen LogP contribution >= 0.6 is 27.5 Å². The van der Waals surface area contributed by atoms with Crippen LogP contribution in [0.2, 0.25) is 5.02 Å². The van der Waals surface area contributed by atoms with E-state index in [0.29, 0.717) is 21.7 Å². The molecule has 0 spiro atoms. The van der Waals surface area contributed by atoms with E-state index in [1.807, 2.05) is 0 Å². The van der Waals surface area contributed by atoms with E-state index in [9.17, 15) is 13.2 Å². The molecular formula is C15H12BrClF3N. The minimum atomic E-state index is -4.36. The highest BCUT2D eigenvalue weighted by atomic mass is 79.9. The summed E-state index contributed by atoms with van der Waals surface area (Å²) in [6.45, 7) is 1.61. The number of halogens is 5. The summed E-state index contributed by atoms with van der Waals surface area (Å²) in [7, 11) is 0. The van der Waals surface area contributed by atoms with Gasteiger partial charge in [-0.25, -0.2) is 0 Å². The molecule has 0 bridgehead atoms. The second-order valence-corrected chi connectivity index (χ2v) is 6.04. The monoisotopic (exact) mass is 377 g/mol. The lowest BCUT2D eigenvalue weighted by Crippen LogP contribution is -2.15. The molecule has 6 heteroatoms. The summed E-state index contributed by atoms with van der Waals surface area (Å²) in [5, 5.41) is 0.469. The first-order chi connectivity index (χ1) is 9.70. The van der Waals surface area contributed by atoms with Crippen LogP contribution < -0.4 is 5.73 Å². The zero-order valence-corrected chi connectivity index (χ0v) is 13.4. The van der Waals surface area contributed by atoms with Crippen molar-refractivity contribution in [1.29, 1.82) is 0 Å². The molecule has 0 aliphatic heterocycles. The Morgan fingerprint density at radius 2 is 1.71 bits per heavy atom. The maximum Gasteiger partial charge on any atom is 0.416 e. The number of hydrogen-bond donors (Lipinski definition) is 1. The Balaban J connectivity index is 2.42. The van der Waals surface area contributed by atoms with E-state index in [-0.39, 0.29) is 0 Å². The van der Waals surface area contributed by atoms with Crippen molar-refractivity contribution < 1.29 is 13.2 Å². The topological polar surface area (TPSA) is 26.0 Å². The van der Waals surface area contributed by atoms with Crippen LogP contribution in [0.3, 0.4) is 0 Å². The zero-order chi connectivity index (χ0) is 15.8. The molecular weight excluding hydrogens is 367 g/mol. The molecule has 2 aromatic carbocycles. The summed E-state index contributed by atoms with van der Waals surface area (Å²) in [6, 6.07) is 8.22. The molecule has 2 rings (SSSR count). The van der Waals surface area contributed by atoms with Gasteiger partial charge in [-0.05, 0) is 47.9 Å². The molecule has 0 aliphatic carbocycles. The average Bonchev–Trinajstić information content (AvgIpc) is 2.36. The van der Waals surface area contributed by atoms with Gasteiger partial charge in [-0.2, -0.15) is 13.2 Å². The summed E-state index contributed by atoms with van der Waals surface area (Å²) >= 11 is 9.44. The zero-order valence-electron chi connectivity index (χ0n) is 11.0. The summed E-state index contributed by atoms with van der Waals surface area (Å²) in [5.41, 5.74) is 7.23. The summed E-state index contributed by atoms with van der Waals surface area (Å²) in [6.07, 6.45) is -4.36. The Kier molecular flexibility index (Phi) is 4.66. The van der Waals surface area contributed by atoms with Gasteiger partial charge in [0.25, 0.3) is 0 Å². The van der Waals surface area contributed by atoms with E-state index in [0.717, 1.165) is 16.6 Å². The van der Waals surface area contributed by atoms with Crippen molar-refractivity contribution in [3.05, 3.63) is 68.1 Å². The Labute approximate surface area is 134 Å². The first-order valence-electron chi connectivity index (χ1n) is 6.08. The van der Waals surface area contributed by atoms with Crippen LogP contribution in [0, 0.1) is 6.92 Å². The van der Waals surface area contributed by atoms with Crippen LogP contribution in [0.4, 0.5) is 13.2 Å². The van der Waals surface area contributed by atoms with Gasteiger partial charge in [0, 0.05) is 9.50 Å². The van der Waals surface area contributed by atoms with Gasteiger partial charge in [-0.15, -0.1) is 0 Å². The summed E-state index contributed by atoms with van der Waals surface area (Å²) in [5.74, 6) is 0. The Morgan fingerprint density at radius 3 is 2.24 bits per heavy atom. The number of nitrogens with two attached hydrogens (primary N) is 1. The highest BCUT2D eigenvalue weighted by molar-refractivity contribution is 9.10. The van der Waals surface area contributed by atoms with Gasteiger partial charge in [-0.3, -0.25) is 0 Å². The molecule has 2 N–H and O–H groups in total. The fourth-order valence-electron chi connectivity index (χ4n) is 2.12. The van der Waals surface area contributed by atoms with E-state index in [1.165, 1.54) is 6.07 Å². The lowest BCUT2D eigenvalue weighted by atomic mass is 9.94. The lowest BCUT2D eigenvalue weighted by Gasteiger charge is -2.18. The van der Waals surface area contributed by atoms with E-state index in [2.05, 4.69) is 15.9 Å². The molecule has 2 aromatic rings. The van der Waals surface area contributed by atoms with Gasteiger partial charge in [0.15, 0.2) is 0 Å². The molecule has 0 heterocycles. The maximum absolute atomic E-state index is 12.7. The third-order valence-corrected chi connectivity index (χ3v) is 4.05. The first kappa shape index (κ1) is 16.3. The quantitative estimate of drug-likeness (QED) is 0.736. The van der Waals surface area contributed by atoms with E-state index in [4.69, 9.17) is 17.3 Å². The molecule has 0 saturated carbocycles. The molecule has 0 fully saturated rings. The van der Waals surface area contributed by atoms with Crippen molar-refractivity contribution in [1.82, 2.24) is 0 Å². The summed E-state index contributed by atoms with van der Waals surface area (Å²) < 4.78 is 38.8. The van der Waals surface area contributed by atoms with Crippen LogP contribution in [-0.4, -0.2) is 0 Å². The standard InChI is InChI=1S/C15H12BrClF3N/c1-8-6-9(15(18,19)20)2-4-11(8)14(21)12-5-3-10(16)7-13(12)17/h2-7,14H,21H2,1H3. The van der Waals surface area contributed by atoms with E-state index < -0.39 is 17.8 Å². The Hall–Kier alpha value is -1.04. The van der Waals surface area contributed by atoms with Crippen molar-refractivity contribution in [2.45, 2.75) is 19.1 Å². The van der Waals surface area contributed by atoms with Crippen molar-refractivity contribution in [2.24, 2.45) is 5.73 Å². The Morgan fingerprint density at radius 1 is 1.10 bits per heavy atom. The first-order valence-corrected chi connectivity index (χ1v) is 7.25. The molecule has 0 aliphatic rings. The van der Waals surface area contributed by atoms with Gasteiger partial charge in [-0.1, -0.05) is 39.7 Å². The SMILES string of the molecule is Cc1cc(C(F)(F)F)ccc1C(N)c1ccc(Br)cc1Cl. The number of aryl methyl sites for hydroxylation is 1. The minimum Gasteiger partial charge on any atom is -0.320 e. The van der Waals surface area contributed by atoms with Crippen molar-refractivity contribution in [3.63, 3.8) is 0 Å². The smallest absolute Gasteiger partial charge is 0.320 e. The predicted octanol–water partition coefficient (Wildman–Crippen LogP) is 5.48. The lowest BCUT2D eigenvalue weighted by molar-refractivity contribution is -0.137. The molecule has 1 unspecified atom stereocenters. The van der Waals surface area contributed by atoms with Crippen molar-refractivity contribution in [3.8, 4) is 0 Å². The fourth-order valence-corrected chi connectivity index (χ4v) is 2.91. The predicted molar refractivity (Wildman–Crippen MR) is 81.4 cm³/mol.